The van der Waals surface area contributed by atoms with E-state index in [2.05, 4.69) is 65.8 Å². The van der Waals surface area contributed by atoms with Gasteiger partial charge in [-0.2, -0.15) is 0 Å². The van der Waals surface area contributed by atoms with Gasteiger partial charge in [-0.15, -0.1) is 0 Å². The van der Waals surface area contributed by atoms with E-state index in [0.29, 0.717) is 65.0 Å². The number of ether oxygens (including phenoxy) is 2. The Morgan fingerprint density at radius 3 is 1.62 bits per heavy atom. The first-order chi connectivity index (χ1) is 30.1. The first-order valence-corrected chi connectivity index (χ1v) is 23.0. The molecule has 0 spiro atoms. The summed E-state index contributed by atoms with van der Waals surface area (Å²) in [6.07, 6.45) is 13.7. The van der Waals surface area contributed by atoms with Gasteiger partial charge in [0.15, 0.2) is 0 Å². The van der Waals surface area contributed by atoms with E-state index in [1.807, 2.05) is 13.8 Å². The molecule has 6 rings (SSSR count). The largest absolute Gasteiger partial charge is 0.508 e. The van der Waals surface area contributed by atoms with Crippen LogP contribution in [0.3, 0.4) is 0 Å². The zero-order valence-electron chi connectivity index (χ0n) is 39.4. The van der Waals surface area contributed by atoms with Crippen LogP contribution in [0.25, 0.3) is 0 Å². The predicted molar refractivity (Wildman–Crippen MR) is 247 cm³/mol. The van der Waals surface area contributed by atoms with Crippen LogP contribution in [0.15, 0.2) is 58.7 Å². The number of phenolic OH excluding ortho intramolecular Hbond substituents is 2. The third-order valence-electron chi connectivity index (χ3n) is 14.1. The van der Waals surface area contributed by atoms with Gasteiger partial charge in [0.25, 0.3) is 11.8 Å². The highest BCUT2D eigenvalue weighted by atomic mass is 16.5. The molecule has 4 aliphatic rings. The number of hydrogen-bond acceptors (Lipinski definition) is 9. The maximum Gasteiger partial charge on any atom is 0.329 e. The molecule has 64 heavy (non-hydrogen) atoms. The van der Waals surface area contributed by atoms with Gasteiger partial charge in [-0.05, 0) is 139 Å². The topological polar surface area (TPSA) is 177 Å². The second kappa shape index (κ2) is 19.2. The van der Waals surface area contributed by atoms with Crippen molar-refractivity contribution < 1.29 is 49.4 Å². The van der Waals surface area contributed by atoms with E-state index < -0.39 is 40.8 Å². The smallest absolute Gasteiger partial charge is 0.329 e. The van der Waals surface area contributed by atoms with Crippen LogP contribution in [0.4, 0.5) is 0 Å². The summed E-state index contributed by atoms with van der Waals surface area (Å²) in [5, 5.41) is 55.5. The number of benzene rings is 2. The Morgan fingerprint density at radius 1 is 0.719 bits per heavy atom. The van der Waals surface area contributed by atoms with Crippen LogP contribution in [0, 0.1) is 0 Å². The summed E-state index contributed by atoms with van der Waals surface area (Å²) < 4.78 is 13.1. The number of carboxylic acids is 1. The average molecular weight is 883 g/mol. The number of carboxylic acid groups (broad SMARTS) is 1. The number of carbonyl (C=O) groups is 3. The molecular formula is C52H70N2O10. The fraction of sp³-hybridized carbons (Fsp3) is 0.558. The number of aliphatic hydroxyl groups is 2. The summed E-state index contributed by atoms with van der Waals surface area (Å²) in [6, 6.07) is 2.78. The van der Waals surface area contributed by atoms with Gasteiger partial charge < -0.3 is 44.8 Å². The van der Waals surface area contributed by atoms with Crippen LogP contribution < -0.4 is 9.47 Å². The zero-order chi connectivity index (χ0) is 46.9. The molecule has 2 aromatic carbocycles. The van der Waals surface area contributed by atoms with Gasteiger partial charge >= 0.3 is 5.97 Å². The Labute approximate surface area is 379 Å². The van der Waals surface area contributed by atoms with Crippen molar-refractivity contribution in [1.82, 2.24) is 9.80 Å². The van der Waals surface area contributed by atoms with E-state index in [1.165, 1.54) is 46.2 Å². The fourth-order valence-electron chi connectivity index (χ4n) is 9.61. The van der Waals surface area contributed by atoms with Crippen LogP contribution in [-0.4, -0.2) is 88.6 Å². The summed E-state index contributed by atoms with van der Waals surface area (Å²) in [7, 11) is 0. The van der Waals surface area contributed by atoms with Crippen molar-refractivity contribution in [1.29, 1.82) is 0 Å². The third kappa shape index (κ3) is 9.93. The number of nitrogens with zero attached hydrogens (tertiary/aromatic N) is 2. The molecule has 0 saturated heterocycles. The number of fused-ring (bicyclic) bond motifs is 6. The number of aliphatic carboxylic acids is 1. The van der Waals surface area contributed by atoms with Crippen LogP contribution in [0.2, 0.25) is 0 Å². The van der Waals surface area contributed by atoms with Gasteiger partial charge in [-0.3, -0.25) is 9.59 Å². The van der Waals surface area contributed by atoms with Crippen LogP contribution in [-0.2, 0) is 30.7 Å². The number of aromatic hydroxyl groups is 2. The number of allylic oxidation sites excluding steroid dienone is 8. The highest BCUT2D eigenvalue weighted by Gasteiger charge is 2.50. The van der Waals surface area contributed by atoms with Gasteiger partial charge in [0.1, 0.15) is 39.7 Å². The van der Waals surface area contributed by atoms with E-state index in [9.17, 15) is 39.9 Å². The van der Waals surface area contributed by atoms with Crippen LogP contribution in [0.1, 0.15) is 169 Å². The maximum atomic E-state index is 14.1. The molecule has 5 atom stereocenters. The van der Waals surface area contributed by atoms with Crippen molar-refractivity contribution in [3.05, 3.63) is 92.1 Å². The van der Waals surface area contributed by atoms with Crippen molar-refractivity contribution in [2.24, 2.45) is 0 Å². The number of hydrogen-bond donors (Lipinski definition) is 5. The van der Waals surface area contributed by atoms with E-state index >= 15 is 0 Å². The van der Waals surface area contributed by atoms with E-state index in [-0.39, 0.29) is 68.3 Å². The molecule has 4 heterocycles. The maximum absolute atomic E-state index is 14.1. The minimum Gasteiger partial charge on any atom is -0.508 e. The second-order valence-corrected chi connectivity index (χ2v) is 19.8. The molecule has 4 aliphatic heterocycles. The van der Waals surface area contributed by atoms with E-state index in [0.717, 1.165) is 25.7 Å². The molecule has 0 saturated carbocycles. The van der Waals surface area contributed by atoms with Crippen LogP contribution in [0.5, 0.6) is 23.0 Å². The van der Waals surface area contributed by atoms with Crippen molar-refractivity contribution in [3.63, 3.8) is 0 Å². The number of amides is 2. The zero-order valence-corrected chi connectivity index (χ0v) is 39.4. The summed E-state index contributed by atoms with van der Waals surface area (Å²) in [5.74, 6) is -1.65. The van der Waals surface area contributed by atoms with Crippen molar-refractivity contribution in [3.8, 4) is 23.0 Å². The summed E-state index contributed by atoms with van der Waals surface area (Å²) in [4.78, 5) is 44.0. The molecule has 0 fully saturated rings. The average Bonchev–Trinajstić information content (AvgIpc) is 3.71. The molecule has 348 valence electrons. The lowest BCUT2D eigenvalue weighted by molar-refractivity contribution is -0.149. The molecule has 0 bridgehead atoms. The third-order valence-corrected chi connectivity index (χ3v) is 14.1. The minimum atomic E-state index is -1.68. The summed E-state index contributed by atoms with van der Waals surface area (Å²) in [6.45, 7) is 18.0. The molecular weight excluding hydrogens is 813 g/mol. The Morgan fingerprint density at radius 2 is 1.17 bits per heavy atom. The highest BCUT2D eigenvalue weighted by molar-refractivity contribution is 6.03. The van der Waals surface area contributed by atoms with Gasteiger partial charge in [0, 0.05) is 41.6 Å². The Hall–Kier alpha value is -5.07. The molecule has 5 N–H and O–H groups in total. The summed E-state index contributed by atoms with van der Waals surface area (Å²) >= 11 is 0. The van der Waals surface area contributed by atoms with Gasteiger partial charge in [0.2, 0.25) is 0 Å². The van der Waals surface area contributed by atoms with E-state index in [1.54, 1.807) is 4.90 Å². The van der Waals surface area contributed by atoms with Crippen molar-refractivity contribution in [2.45, 2.75) is 181 Å². The lowest BCUT2D eigenvalue weighted by Gasteiger charge is -2.41. The fourth-order valence-corrected chi connectivity index (χ4v) is 9.61. The molecule has 12 nitrogen and oxygen atoms in total. The number of carbonyl (C=O) groups excluding carboxylic acids is 2. The second-order valence-electron chi connectivity index (χ2n) is 19.8. The normalized spacial score (nSPS) is 23.7. The molecule has 2 aromatic rings. The molecule has 12 heteroatoms. The standard InChI is InChI=1S/C52H70N2O10/c1-31(2)15-10-17-33(5)19-12-22-51(8)43(57)27-37-41(55)25-35-39(45(37)63-51)29-53(47(35)59)24-14-21-50(7,49(61)62)54-30-40-36(48(54)60)26-42(56)38-28-44(58)52(9,64-46(38)40)23-13-20-34(6)18-11-16-32(3)4/h15-16,19-20,25-26,43-44,55-58H,10-14,17-18,21-24,27-30H2,1-9H3,(H,61,62)/b33-19+,34-20+/t43-,44?,50-,51-,52-/m1/s1. The van der Waals surface area contributed by atoms with E-state index in [4.69, 9.17) is 9.47 Å². The first-order valence-electron chi connectivity index (χ1n) is 23.0. The number of rotatable bonds is 18. The van der Waals surface area contributed by atoms with Gasteiger partial charge in [-0.1, -0.05) is 46.6 Å². The SMILES string of the molecule is CC(C)=CCC/C(C)=C/CC[C@@]1(C)Oc2c(c(O)cc3c2CN([C@](C)(CCCN2Cc4c(cc(O)c5c4O[C@](C)(CC/C=C(\C)CCC=C(C)C)[C@H](O)C5)C2=O)C(=O)O)C3=O)CC1O. The highest BCUT2D eigenvalue weighted by Crippen LogP contribution is 2.49. The predicted octanol–water partition coefficient (Wildman–Crippen LogP) is 9.39. The molecule has 0 radical (unpaired) electrons. The molecule has 1 unspecified atom stereocenters. The Kier molecular flexibility index (Phi) is 14.5. The summed E-state index contributed by atoms with van der Waals surface area (Å²) in [5.41, 5.74) is 3.84. The monoisotopic (exact) mass is 883 g/mol. The number of phenols is 2. The number of aliphatic hydroxyl groups excluding tert-OH is 2. The first kappa shape index (κ1) is 48.4. The minimum absolute atomic E-state index is 0.0122. The lowest BCUT2D eigenvalue weighted by Crippen LogP contribution is -2.53. The van der Waals surface area contributed by atoms with Crippen molar-refractivity contribution >= 4 is 17.8 Å². The molecule has 2 amide bonds. The lowest BCUT2D eigenvalue weighted by atomic mass is 9.84. The van der Waals surface area contributed by atoms with Gasteiger partial charge in [0.05, 0.1) is 36.4 Å². The molecule has 0 aromatic heterocycles. The Balaban J connectivity index is 1.13. The molecule has 0 aliphatic carbocycles. The van der Waals surface area contributed by atoms with Crippen LogP contribution >= 0.6 is 0 Å². The van der Waals surface area contributed by atoms with Crippen molar-refractivity contribution in [2.75, 3.05) is 6.54 Å². The quantitative estimate of drug-likeness (QED) is 0.0907. The Bertz CT molecular complexity index is 2280. The van der Waals surface area contributed by atoms with Gasteiger partial charge in [-0.25, -0.2) is 4.79 Å².